The lowest BCUT2D eigenvalue weighted by Gasteiger charge is -1.97. The van der Waals surface area contributed by atoms with Gasteiger partial charge in [0, 0.05) is 19.7 Å². The number of aliphatic hydroxyl groups is 1. The van der Waals surface area contributed by atoms with Crippen molar-refractivity contribution in [3.8, 4) is 0 Å². The van der Waals surface area contributed by atoms with Gasteiger partial charge in [-0.05, 0) is 13.0 Å². The Balaban J connectivity index is 2.58. The average molecular weight is 140 g/mol. The lowest BCUT2D eigenvalue weighted by atomic mass is 10.2. The largest absolute Gasteiger partial charge is 0.393 e. The minimum Gasteiger partial charge on any atom is -0.393 e. The topological polar surface area (TPSA) is 38.0 Å². The molecular formula is C7H12N2O. The highest BCUT2D eigenvalue weighted by Gasteiger charge is 2.00. The predicted octanol–water partition coefficient (Wildman–Crippen LogP) is 0.343. The first-order valence-electron chi connectivity index (χ1n) is 3.35. The summed E-state index contributed by atoms with van der Waals surface area (Å²) in [5.41, 5.74) is 0.942. The number of rotatable bonds is 2. The molecule has 0 bridgehead atoms. The molecular weight excluding hydrogens is 128 g/mol. The zero-order valence-electron chi connectivity index (χ0n) is 6.28. The van der Waals surface area contributed by atoms with E-state index in [0.29, 0.717) is 6.42 Å². The Hall–Kier alpha value is -0.830. The smallest absolute Gasteiger partial charge is 0.0650 e. The van der Waals surface area contributed by atoms with Crippen LogP contribution >= 0.6 is 0 Å². The Labute approximate surface area is 60.3 Å². The third-order valence-electron chi connectivity index (χ3n) is 1.27. The molecule has 1 aromatic rings. The van der Waals surface area contributed by atoms with Crippen molar-refractivity contribution in [2.45, 2.75) is 19.4 Å². The van der Waals surface area contributed by atoms with Crippen LogP contribution in [-0.4, -0.2) is 21.0 Å². The number of aliphatic hydroxyl groups excluding tert-OH is 1. The summed E-state index contributed by atoms with van der Waals surface area (Å²) in [7, 11) is 1.87. The van der Waals surface area contributed by atoms with E-state index in [0.717, 1.165) is 5.69 Å². The van der Waals surface area contributed by atoms with Gasteiger partial charge >= 0.3 is 0 Å². The Morgan fingerprint density at radius 2 is 2.50 bits per heavy atom. The summed E-state index contributed by atoms with van der Waals surface area (Å²) in [5.74, 6) is 0. The van der Waals surface area contributed by atoms with Crippen LogP contribution < -0.4 is 0 Å². The van der Waals surface area contributed by atoms with Crippen LogP contribution in [0.3, 0.4) is 0 Å². The highest BCUT2D eigenvalue weighted by Crippen LogP contribution is 1.98. The highest BCUT2D eigenvalue weighted by molar-refractivity contribution is 4.99. The van der Waals surface area contributed by atoms with Crippen LogP contribution in [0.1, 0.15) is 12.6 Å². The van der Waals surface area contributed by atoms with E-state index in [1.165, 1.54) is 0 Å². The highest BCUT2D eigenvalue weighted by atomic mass is 16.3. The molecule has 0 unspecified atom stereocenters. The van der Waals surface area contributed by atoms with E-state index in [2.05, 4.69) is 5.10 Å². The molecule has 0 aromatic carbocycles. The predicted molar refractivity (Wildman–Crippen MR) is 38.6 cm³/mol. The molecule has 3 nitrogen and oxygen atoms in total. The van der Waals surface area contributed by atoms with Crippen molar-refractivity contribution in [3.05, 3.63) is 18.0 Å². The summed E-state index contributed by atoms with van der Waals surface area (Å²) in [6.07, 6.45) is 2.22. The third-order valence-corrected chi connectivity index (χ3v) is 1.27. The maximum Gasteiger partial charge on any atom is 0.0650 e. The van der Waals surface area contributed by atoms with Crippen LogP contribution in [-0.2, 0) is 13.5 Å². The molecule has 0 saturated heterocycles. The van der Waals surface area contributed by atoms with Crippen LogP contribution in [0.5, 0.6) is 0 Å². The SMILES string of the molecule is C[C@H](O)Cc1ccn(C)n1. The van der Waals surface area contributed by atoms with Crippen molar-refractivity contribution in [2.24, 2.45) is 7.05 Å². The molecule has 1 heterocycles. The van der Waals surface area contributed by atoms with Crippen molar-refractivity contribution in [3.63, 3.8) is 0 Å². The molecule has 1 N–H and O–H groups in total. The second-order valence-corrected chi connectivity index (χ2v) is 2.53. The van der Waals surface area contributed by atoms with Crippen molar-refractivity contribution < 1.29 is 5.11 Å². The summed E-state index contributed by atoms with van der Waals surface area (Å²) < 4.78 is 1.73. The molecule has 1 atom stereocenters. The Morgan fingerprint density at radius 3 is 2.90 bits per heavy atom. The molecule has 3 heteroatoms. The van der Waals surface area contributed by atoms with Gasteiger partial charge < -0.3 is 5.11 Å². The molecule has 1 aromatic heterocycles. The van der Waals surface area contributed by atoms with Crippen molar-refractivity contribution in [2.75, 3.05) is 0 Å². The molecule has 10 heavy (non-hydrogen) atoms. The summed E-state index contributed by atoms with van der Waals surface area (Å²) >= 11 is 0. The maximum atomic E-state index is 8.97. The minimum absolute atomic E-state index is 0.296. The van der Waals surface area contributed by atoms with Gasteiger partial charge in [0.05, 0.1) is 11.8 Å². The second-order valence-electron chi connectivity index (χ2n) is 2.53. The first-order chi connectivity index (χ1) is 4.68. The summed E-state index contributed by atoms with van der Waals surface area (Å²) in [5, 5.41) is 13.1. The fourth-order valence-electron chi connectivity index (χ4n) is 0.875. The lowest BCUT2D eigenvalue weighted by molar-refractivity contribution is 0.194. The molecule has 0 aliphatic carbocycles. The van der Waals surface area contributed by atoms with Gasteiger partial charge in [0.2, 0.25) is 0 Å². The molecule has 56 valence electrons. The van der Waals surface area contributed by atoms with Crippen LogP contribution in [0.4, 0.5) is 0 Å². The minimum atomic E-state index is -0.296. The van der Waals surface area contributed by atoms with Crippen LogP contribution in [0.15, 0.2) is 12.3 Å². The number of hydrogen-bond acceptors (Lipinski definition) is 2. The zero-order valence-corrected chi connectivity index (χ0v) is 6.28. The van der Waals surface area contributed by atoms with E-state index in [1.807, 2.05) is 19.3 Å². The maximum absolute atomic E-state index is 8.97. The van der Waals surface area contributed by atoms with Crippen molar-refractivity contribution in [1.29, 1.82) is 0 Å². The van der Waals surface area contributed by atoms with Gasteiger partial charge in [0.25, 0.3) is 0 Å². The summed E-state index contributed by atoms with van der Waals surface area (Å²) in [6.45, 7) is 1.76. The molecule has 0 aliphatic rings. The monoisotopic (exact) mass is 140 g/mol. The van der Waals surface area contributed by atoms with E-state index >= 15 is 0 Å². The fourth-order valence-corrected chi connectivity index (χ4v) is 0.875. The van der Waals surface area contributed by atoms with Gasteiger partial charge in [-0.1, -0.05) is 0 Å². The van der Waals surface area contributed by atoms with Gasteiger partial charge in [-0.15, -0.1) is 0 Å². The van der Waals surface area contributed by atoms with E-state index in [9.17, 15) is 0 Å². The lowest BCUT2D eigenvalue weighted by Crippen LogP contribution is -2.05. The molecule has 1 rings (SSSR count). The summed E-state index contributed by atoms with van der Waals surface area (Å²) in [6, 6.07) is 1.91. The Morgan fingerprint density at radius 1 is 1.80 bits per heavy atom. The number of hydrogen-bond donors (Lipinski definition) is 1. The standard InChI is InChI=1S/C7H12N2O/c1-6(10)5-7-3-4-9(2)8-7/h3-4,6,10H,5H2,1-2H3/t6-/m0/s1. The molecule has 0 spiro atoms. The van der Waals surface area contributed by atoms with Gasteiger partial charge in [0.1, 0.15) is 0 Å². The fraction of sp³-hybridized carbons (Fsp3) is 0.571. The van der Waals surface area contributed by atoms with Crippen LogP contribution in [0, 0.1) is 0 Å². The second kappa shape index (κ2) is 2.84. The number of aromatic nitrogens is 2. The Bertz CT molecular complexity index is 205. The molecule has 0 saturated carbocycles. The third kappa shape index (κ3) is 1.84. The van der Waals surface area contributed by atoms with Crippen molar-refractivity contribution >= 4 is 0 Å². The van der Waals surface area contributed by atoms with E-state index < -0.39 is 0 Å². The van der Waals surface area contributed by atoms with Gasteiger partial charge in [-0.2, -0.15) is 5.10 Å². The van der Waals surface area contributed by atoms with Gasteiger partial charge in [0.15, 0.2) is 0 Å². The van der Waals surface area contributed by atoms with E-state index in [4.69, 9.17) is 5.11 Å². The summed E-state index contributed by atoms with van der Waals surface area (Å²) in [4.78, 5) is 0. The quantitative estimate of drug-likeness (QED) is 0.643. The molecule has 0 amide bonds. The normalized spacial score (nSPS) is 13.5. The first-order valence-corrected chi connectivity index (χ1v) is 3.35. The average Bonchev–Trinajstić information content (AvgIpc) is 2.13. The van der Waals surface area contributed by atoms with Gasteiger partial charge in [-0.3, -0.25) is 4.68 Å². The van der Waals surface area contributed by atoms with Crippen LogP contribution in [0.25, 0.3) is 0 Å². The van der Waals surface area contributed by atoms with Gasteiger partial charge in [-0.25, -0.2) is 0 Å². The first kappa shape index (κ1) is 7.28. The number of nitrogens with zero attached hydrogens (tertiary/aromatic N) is 2. The Kier molecular flexibility index (Phi) is 2.06. The number of aryl methyl sites for hydroxylation is 1. The van der Waals surface area contributed by atoms with E-state index in [1.54, 1.807) is 11.6 Å². The van der Waals surface area contributed by atoms with Crippen LogP contribution in [0.2, 0.25) is 0 Å². The molecule has 0 aliphatic heterocycles. The van der Waals surface area contributed by atoms with E-state index in [-0.39, 0.29) is 6.10 Å². The molecule has 0 fully saturated rings. The van der Waals surface area contributed by atoms with Crippen molar-refractivity contribution in [1.82, 2.24) is 9.78 Å². The molecule has 0 radical (unpaired) electrons. The zero-order chi connectivity index (χ0) is 7.56.